The lowest BCUT2D eigenvalue weighted by Crippen LogP contribution is -2.22. The Morgan fingerprint density at radius 1 is 1.32 bits per heavy atom. The molecule has 112 valence electrons. The number of halogens is 1. The minimum absolute atomic E-state index is 0.0770. The van der Waals surface area contributed by atoms with Gasteiger partial charge in [0.15, 0.2) is 5.96 Å². The van der Waals surface area contributed by atoms with Crippen LogP contribution in [0.25, 0.3) is 0 Å². The summed E-state index contributed by atoms with van der Waals surface area (Å²) in [6.45, 7) is 2.15. The van der Waals surface area contributed by atoms with Crippen LogP contribution >= 0.6 is 0 Å². The average Bonchev–Trinajstić information content (AvgIpc) is 2.54. The normalized spacial score (nSPS) is 11.0. The first-order chi connectivity index (χ1) is 10.6. The second-order valence-corrected chi connectivity index (χ2v) is 4.80. The molecule has 0 saturated carbocycles. The molecule has 2 rings (SSSR count). The highest BCUT2D eigenvalue weighted by atomic mass is 19.1. The molecule has 0 fully saturated rings. The fourth-order valence-electron chi connectivity index (χ4n) is 1.99. The minimum atomic E-state index is -0.400. The second kappa shape index (κ2) is 7.23. The summed E-state index contributed by atoms with van der Waals surface area (Å²) in [6, 6.07) is 14.0. The first kappa shape index (κ1) is 15.5. The van der Waals surface area contributed by atoms with Gasteiger partial charge in [0.25, 0.3) is 0 Å². The Hall–Kier alpha value is -2.87. The number of anilines is 1. The molecule has 0 atom stereocenters. The van der Waals surface area contributed by atoms with Gasteiger partial charge in [-0.3, -0.25) is 0 Å². The molecule has 0 unspecified atom stereocenters. The van der Waals surface area contributed by atoms with E-state index < -0.39 is 5.82 Å². The van der Waals surface area contributed by atoms with Crippen LogP contribution in [-0.4, -0.2) is 5.96 Å². The van der Waals surface area contributed by atoms with Crippen LogP contribution in [0, 0.1) is 17.1 Å². The number of nitrogens with one attached hydrogen (secondary N) is 1. The smallest absolute Gasteiger partial charge is 0.193 e. The monoisotopic (exact) mass is 296 g/mol. The van der Waals surface area contributed by atoms with Crippen molar-refractivity contribution in [3.05, 3.63) is 65.0 Å². The van der Waals surface area contributed by atoms with E-state index in [1.807, 2.05) is 30.3 Å². The summed E-state index contributed by atoms with van der Waals surface area (Å²) in [6.07, 6.45) is 0.929. The molecule has 5 heteroatoms. The molecule has 2 aromatic carbocycles. The molecule has 0 saturated heterocycles. The average molecular weight is 296 g/mol. The van der Waals surface area contributed by atoms with E-state index in [0.29, 0.717) is 11.1 Å². The van der Waals surface area contributed by atoms with Crippen molar-refractivity contribution in [2.24, 2.45) is 10.7 Å². The van der Waals surface area contributed by atoms with E-state index in [1.165, 1.54) is 23.8 Å². The lowest BCUT2D eigenvalue weighted by atomic mass is 10.1. The molecule has 0 spiro atoms. The molecule has 0 radical (unpaired) electrons. The molecular formula is C17H17FN4. The molecular weight excluding hydrogens is 279 g/mol. The number of nitrogens with two attached hydrogens (primary N) is 1. The van der Waals surface area contributed by atoms with Gasteiger partial charge in [0.1, 0.15) is 5.82 Å². The van der Waals surface area contributed by atoms with Crippen LogP contribution in [-0.2, 0) is 13.0 Å². The largest absolute Gasteiger partial charge is 0.370 e. The fraction of sp³-hybridized carbons (Fsp3) is 0.176. The van der Waals surface area contributed by atoms with Gasteiger partial charge in [-0.2, -0.15) is 5.26 Å². The lowest BCUT2D eigenvalue weighted by Gasteiger charge is -2.07. The Bertz CT molecular complexity index is 732. The maximum atomic E-state index is 13.6. The Labute approximate surface area is 129 Å². The van der Waals surface area contributed by atoms with Crippen LogP contribution in [0.4, 0.5) is 10.1 Å². The van der Waals surface area contributed by atoms with Crippen LogP contribution in [0.2, 0.25) is 0 Å². The molecule has 4 nitrogen and oxygen atoms in total. The van der Waals surface area contributed by atoms with Gasteiger partial charge < -0.3 is 11.1 Å². The van der Waals surface area contributed by atoms with Crippen molar-refractivity contribution in [2.45, 2.75) is 19.9 Å². The van der Waals surface area contributed by atoms with E-state index in [4.69, 9.17) is 11.0 Å². The number of nitriles is 1. The summed E-state index contributed by atoms with van der Waals surface area (Å²) < 4.78 is 13.6. The predicted octanol–water partition coefficient (Wildman–Crippen LogP) is 3.19. The van der Waals surface area contributed by atoms with Crippen molar-refractivity contribution in [3.63, 3.8) is 0 Å². The zero-order valence-electron chi connectivity index (χ0n) is 12.3. The zero-order valence-corrected chi connectivity index (χ0v) is 12.3. The summed E-state index contributed by atoms with van der Waals surface area (Å²) in [4.78, 5) is 4.12. The van der Waals surface area contributed by atoms with Crippen molar-refractivity contribution >= 4 is 11.6 Å². The third kappa shape index (κ3) is 4.06. The van der Waals surface area contributed by atoms with Gasteiger partial charge >= 0.3 is 0 Å². The van der Waals surface area contributed by atoms with Crippen molar-refractivity contribution in [1.29, 1.82) is 5.26 Å². The highest BCUT2D eigenvalue weighted by Crippen LogP contribution is 2.13. The van der Waals surface area contributed by atoms with Crippen molar-refractivity contribution < 1.29 is 4.39 Å². The molecule has 0 aliphatic rings. The molecule has 0 aliphatic carbocycles. The van der Waals surface area contributed by atoms with Gasteiger partial charge in [0.05, 0.1) is 18.2 Å². The van der Waals surface area contributed by atoms with Gasteiger partial charge in [-0.1, -0.05) is 19.1 Å². The number of aliphatic imine (C=N–C) groups is 1. The van der Waals surface area contributed by atoms with Crippen molar-refractivity contribution in [2.75, 3.05) is 5.32 Å². The van der Waals surface area contributed by atoms with Crippen LogP contribution < -0.4 is 11.1 Å². The maximum absolute atomic E-state index is 13.6. The number of aryl methyl sites for hydroxylation is 1. The molecule has 2 aromatic rings. The van der Waals surface area contributed by atoms with Crippen LogP contribution in [0.5, 0.6) is 0 Å². The van der Waals surface area contributed by atoms with E-state index in [2.05, 4.69) is 17.2 Å². The Morgan fingerprint density at radius 2 is 2.14 bits per heavy atom. The number of rotatable bonds is 4. The fourth-order valence-corrected chi connectivity index (χ4v) is 1.99. The quantitative estimate of drug-likeness (QED) is 0.672. The Balaban J connectivity index is 2.08. The van der Waals surface area contributed by atoms with Gasteiger partial charge in [-0.25, -0.2) is 9.38 Å². The topological polar surface area (TPSA) is 74.2 Å². The number of guanidine groups is 1. The van der Waals surface area contributed by atoms with Crippen LogP contribution in [0.1, 0.15) is 23.6 Å². The minimum Gasteiger partial charge on any atom is -0.370 e. The van der Waals surface area contributed by atoms with E-state index in [-0.39, 0.29) is 12.5 Å². The van der Waals surface area contributed by atoms with Gasteiger partial charge in [0, 0.05) is 11.3 Å². The first-order valence-corrected chi connectivity index (χ1v) is 6.96. The van der Waals surface area contributed by atoms with E-state index in [1.54, 1.807) is 0 Å². The molecule has 0 amide bonds. The molecule has 0 bridgehead atoms. The highest BCUT2D eigenvalue weighted by Gasteiger charge is 2.03. The molecule has 22 heavy (non-hydrogen) atoms. The molecule has 0 aliphatic heterocycles. The summed E-state index contributed by atoms with van der Waals surface area (Å²) in [7, 11) is 0. The zero-order chi connectivity index (χ0) is 15.9. The summed E-state index contributed by atoms with van der Waals surface area (Å²) in [5, 5.41) is 11.8. The van der Waals surface area contributed by atoms with Crippen molar-refractivity contribution in [3.8, 4) is 6.07 Å². The van der Waals surface area contributed by atoms with Gasteiger partial charge in [-0.15, -0.1) is 0 Å². The Kier molecular flexibility index (Phi) is 5.10. The van der Waals surface area contributed by atoms with E-state index >= 15 is 0 Å². The highest BCUT2D eigenvalue weighted by molar-refractivity contribution is 5.92. The number of hydrogen-bond acceptors (Lipinski definition) is 2. The van der Waals surface area contributed by atoms with Crippen molar-refractivity contribution in [1.82, 2.24) is 0 Å². The first-order valence-electron chi connectivity index (χ1n) is 6.96. The van der Waals surface area contributed by atoms with Crippen LogP contribution in [0.3, 0.4) is 0 Å². The third-order valence-electron chi connectivity index (χ3n) is 3.20. The molecule has 3 N–H and O–H groups in total. The number of hydrogen-bond donors (Lipinski definition) is 2. The van der Waals surface area contributed by atoms with Gasteiger partial charge in [-0.05, 0) is 42.3 Å². The SMILES string of the molecule is CCc1cccc(NC(N)=NCc2cc(C#N)ccc2F)c1. The third-order valence-corrected chi connectivity index (χ3v) is 3.20. The van der Waals surface area contributed by atoms with E-state index in [9.17, 15) is 4.39 Å². The van der Waals surface area contributed by atoms with Gasteiger partial charge in [0.2, 0.25) is 0 Å². The maximum Gasteiger partial charge on any atom is 0.193 e. The van der Waals surface area contributed by atoms with Crippen LogP contribution in [0.15, 0.2) is 47.5 Å². The standard InChI is InChI=1S/C17H17FN4/c1-2-12-4-3-5-15(9-12)22-17(20)21-11-14-8-13(10-19)6-7-16(14)18/h3-9H,2,11H2,1H3,(H3,20,21,22). The lowest BCUT2D eigenvalue weighted by molar-refractivity contribution is 0.610. The summed E-state index contributed by atoms with van der Waals surface area (Å²) in [5.41, 5.74) is 8.58. The molecule has 0 heterocycles. The number of benzene rings is 2. The summed E-state index contributed by atoms with van der Waals surface area (Å²) in [5.74, 6) is -0.196. The second-order valence-electron chi connectivity index (χ2n) is 4.80. The predicted molar refractivity (Wildman–Crippen MR) is 85.9 cm³/mol. The Morgan fingerprint density at radius 3 is 2.86 bits per heavy atom. The van der Waals surface area contributed by atoms with E-state index in [0.717, 1.165) is 12.1 Å². The molecule has 0 aromatic heterocycles. The summed E-state index contributed by atoms with van der Waals surface area (Å²) >= 11 is 0. The number of nitrogens with zero attached hydrogens (tertiary/aromatic N) is 2.